The molecule has 44 heavy (non-hydrogen) atoms. The van der Waals surface area contributed by atoms with Crippen molar-refractivity contribution in [3.8, 4) is 0 Å². The molecular formula is C22H27N8O12P2+. The molecule has 2 unspecified atom stereocenters. The zero-order valence-corrected chi connectivity index (χ0v) is 24.1. The van der Waals surface area contributed by atoms with E-state index in [-0.39, 0.29) is 28.4 Å². The minimum atomic E-state index is -4.95. The summed E-state index contributed by atoms with van der Waals surface area (Å²) in [5.74, 6) is -0.0938. The van der Waals surface area contributed by atoms with Gasteiger partial charge in [0.25, 0.3) is 5.56 Å². The topological polar surface area (TPSA) is 306 Å². The van der Waals surface area contributed by atoms with Gasteiger partial charge < -0.3 is 54.8 Å². The minimum absolute atomic E-state index is 0.0271. The second-order valence-electron chi connectivity index (χ2n) is 10.1. The molecule has 0 spiro atoms. The number of nitrogens with zero attached hydrogens (tertiary/aromatic N) is 5. The van der Waals surface area contributed by atoms with Crippen LogP contribution >= 0.6 is 15.9 Å². The first kappa shape index (κ1) is 30.6. The molecule has 6 rings (SSSR count). The summed E-state index contributed by atoms with van der Waals surface area (Å²) < 4.78 is 49.9. The van der Waals surface area contributed by atoms with Crippen LogP contribution in [0.3, 0.4) is 0 Å². The molecule has 0 amide bonds. The van der Waals surface area contributed by atoms with Crippen LogP contribution in [0, 0.1) is 0 Å². The van der Waals surface area contributed by atoms with Crippen LogP contribution in [0.25, 0.3) is 22.1 Å². The highest BCUT2D eigenvalue weighted by molar-refractivity contribution is 7.53. The van der Waals surface area contributed by atoms with Crippen molar-refractivity contribution in [3.05, 3.63) is 41.2 Å². The summed E-state index contributed by atoms with van der Waals surface area (Å²) in [6, 6.07) is 2.92. The lowest BCUT2D eigenvalue weighted by molar-refractivity contribution is -0.0488. The number of nitrogens with two attached hydrogens (primary N) is 2. The molecule has 0 saturated carbocycles. The smallest absolute Gasteiger partial charge is 0.394 e. The third-order valence-electron chi connectivity index (χ3n) is 7.53. The maximum absolute atomic E-state index is 13.7. The van der Waals surface area contributed by atoms with Crippen LogP contribution in [-0.2, 0) is 27.7 Å². The lowest BCUT2D eigenvalue weighted by atomic mass is 10.1. The number of ether oxygens (including phenoxy) is 2. The molecule has 0 radical (unpaired) electrons. The van der Waals surface area contributed by atoms with E-state index in [0.29, 0.717) is 5.39 Å². The van der Waals surface area contributed by atoms with Crippen LogP contribution in [0.2, 0.25) is 0 Å². The molecule has 2 saturated heterocycles. The van der Waals surface area contributed by atoms with E-state index in [1.165, 1.54) is 33.9 Å². The van der Waals surface area contributed by atoms with Crippen LogP contribution < -0.4 is 17.0 Å². The number of fused-ring (bicyclic) bond motifs is 2. The van der Waals surface area contributed by atoms with Crippen LogP contribution in [0.1, 0.15) is 12.5 Å². The Bertz CT molecular complexity index is 1830. The van der Waals surface area contributed by atoms with Crippen LogP contribution in [0.4, 0.5) is 11.8 Å². The number of anilines is 2. The van der Waals surface area contributed by atoms with E-state index in [4.69, 9.17) is 30.0 Å². The number of aromatic amines is 1. The monoisotopic (exact) mass is 657 g/mol. The number of H-pyrrole nitrogens is 1. The zero-order chi connectivity index (χ0) is 31.5. The molecule has 6 heterocycles. The number of aliphatic hydroxyl groups excluding tert-OH is 3. The van der Waals surface area contributed by atoms with E-state index in [1.807, 2.05) is 0 Å². The largest absolute Gasteiger partial charge is 0.695 e. The van der Waals surface area contributed by atoms with E-state index in [9.17, 15) is 39.0 Å². The molecule has 2 aliphatic heterocycles. The van der Waals surface area contributed by atoms with E-state index in [0.717, 1.165) is 0 Å². The normalized spacial score (nSPS) is 30.7. The van der Waals surface area contributed by atoms with Crippen molar-refractivity contribution >= 4 is 49.7 Å². The average Bonchev–Trinajstić information content (AvgIpc) is 3.72. The van der Waals surface area contributed by atoms with Crippen molar-refractivity contribution in [1.29, 1.82) is 0 Å². The van der Waals surface area contributed by atoms with Gasteiger partial charge in [0.1, 0.15) is 47.9 Å². The third kappa shape index (κ3) is 5.19. The number of nitrogen functional groups attached to an aromatic ring is 2. The Morgan fingerprint density at radius 1 is 1.05 bits per heavy atom. The highest BCUT2D eigenvalue weighted by Crippen LogP contribution is 2.57. The Labute approximate surface area is 246 Å². The predicted molar refractivity (Wildman–Crippen MR) is 148 cm³/mol. The fraction of sp³-hybridized carbons (Fsp3) is 0.455. The molecule has 4 aromatic rings. The summed E-state index contributed by atoms with van der Waals surface area (Å²) in [6.07, 6.45) is -6.30. The Morgan fingerprint density at radius 3 is 2.43 bits per heavy atom. The molecule has 10 N–H and O–H groups in total. The van der Waals surface area contributed by atoms with Crippen molar-refractivity contribution in [3.63, 3.8) is 0 Å². The van der Waals surface area contributed by atoms with Crippen LogP contribution in [0.15, 0.2) is 35.6 Å². The zero-order valence-electron chi connectivity index (χ0n) is 22.3. The fourth-order valence-electron chi connectivity index (χ4n) is 5.51. The van der Waals surface area contributed by atoms with E-state index in [2.05, 4.69) is 19.9 Å². The molecule has 4 aromatic heterocycles. The molecular weight excluding hydrogens is 630 g/mol. The average molecular weight is 657 g/mol. The lowest BCUT2D eigenvalue weighted by Crippen LogP contribution is -2.37. The van der Waals surface area contributed by atoms with Gasteiger partial charge in [-0.2, -0.15) is 4.98 Å². The maximum atomic E-state index is 13.7. The number of aliphatic hydroxyl groups is 3. The van der Waals surface area contributed by atoms with E-state index < -0.39 is 83.3 Å². The highest BCUT2D eigenvalue weighted by atomic mass is 31.2. The van der Waals surface area contributed by atoms with Crippen molar-refractivity contribution < 1.29 is 52.8 Å². The first-order valence-electron chi connectivity index (χ1n) is 12.9. The Morgan fingerprint density at radius 2 is 1.73 bits per heavy atom. The molecule has 0 aromatic carbocycles. The summed E-state index contributed by atoms with van der Waals surface area (Å²) in [5.41, 5.74) is 9.47. The second-order valence-corrected chi connectivity index (χ2v) is 12.8. The number of hydrogen-bond acceptors (Lipinski definition) is 15. The van der Waals surface area contributed by atoms with Crippen molar-refractivity contribution in [2.75, 3.05) is 24.7 Å². The van der Waals surface area contributed by atoms with E-state index in [1.54, 1.807) is 6.07 Å². The standard InChI is InChI=1S/C22H26N8O12P2/c23-16-8-1-3-29(17(8)26-7-25-16)20-13(33)14(42-43(35)36)11(41-20)6-39-44(37,38)15-12(32)10(5-31)40-21(15)30-4-2-9-18(30)27-22(24)28-19(9)34/h1-4,7,10-15,20-21,31-33H,5-6H2,(H6-,23,24,25,26,27,28,34,35,36,37,38)/p+1/t10-,11-,12-,13-,14-,15-,20-,21-/m1/s1. The summed E-state index contributed by atoms with van der Waals surface area (Å²) >= 11 is 0. The third-order valence-corrected chi connectivity index (χ3v) is 9.78. The second kappa shape index (κ2) is 11.5. The number of hydrogen-bond donors (Lipinski definition) is 8. The molecule has 236 valence electrons. The minimum Gasteiger partial charge on any atom is -0.394 e. The van der Waals surface area contributed by atoms with Gasteiger partial charge in [-0.25, -0.2) is 9.97 Å². The maximum Gasteiger partial charge on any atom is 0.695 e. The van der Waals surface area contributed by atoms with Crippen molar-refractivity contribution in [1.82, 2.24) is 29.1 Å². The van der Waals surface area contributed by atoms with E-state index >= 15 is 0 Å². The van der Waals surface area contributed by atoms with Gasteiger partial charge in [0.05, 0.1) is 24.0 Å². The molecule has 20 nitrogen and oxygen atoms in total. The van der Waals surface area contributed by atoms with Gasteiger partial charge in [0, 0.05) is 17.0 Å². The van der Waals surface area contributed by atoms with Gasteiger partial charge in [-0.05, 0) is 12.1 Å². The number of nitrogens with one attached hydrogen (secondary N) is 1. The first-order chi connectivity index (χ1) is 20.9. The quantitative estimate of drug-likeness (QED) is 0.0944. The van der Waals surface area contributed by atoms with Gasteiger partial charge in [0.15, 0.2) is 24.2 Å². The highest BCUT2D eigenvalue weighted by Gasteiger charge is 2.56. The van der Waals surface area contributed by atoms with Gasteiger partial charge >= 0.3 is 15.9 Å². The van der Waals surface area contributed by atoms with Crippen molar-refractivity contribution in [2.45, 2.75) is 48.6 Å². The number of rotatable bonds is 9. The summed E-state index contributed by atoms with van der Waals surface area (Å²) in [7, 11) is -8.22. The van der Waals surface area contributed by atoms with Crippen LogP contribution in [-0.4, -0.2) is 104 Å². The van der Waals surface area contributed by atoms with Crippen molar-refractivity contribution in [2.24, 2.45) is 0 Å². The molecule has 0 bridgehead atoms. The molecule has 22 heteroatoms. The summed E-state index contributed by atoms with van der Waals surface area (Å²) in [4.78, 5) is 47.3. The van der Waals surface area contributed by atoms with Crippen LogP contribution in [0.5, 0.6) is 0 Å². The Kier molecular flexibility index (Phi) is 8.02. The fourth-order valence-corrected chi connectivity index (χ4v) is 7.62. The number of aromatic nitrogens is 6. The molecule has 2 aliphatic rings. The van der Waals surface area contributed by atoms with Gasteiger partial charge in [0.2, 0.25) is 5.95 Å². The summed E-state index contributed by atoms with van der Waals surface area (Å²) in [6.45, 7) is -1.51. The van der Waals surface area contributed by atoms with Gasteiger partial charge in [-0.3, -0.25) is 14.3 Å². The summed E-state index contributed by atoms with van der Waals surface area (Å²) in [5, 5.41) is 32.2. The Hall–Kier alpha value is -3.39. The molecule has 2 fully saturated rings. The molecule has 10 atom stereocenters. The van der Waals surface area contributed by atoms with Gasteiger partial charge in [-0.1, -0.05) is 0 Å². The van der Waals surface area contributed by atoms with Gasteiger partial charge in [-0.15, -0.1) is 9.42 Å². The lowest BCUT2D eigenvalue weighted by Gasteiger charge is -2.27. The predicted octanol–water partition coefficient (Wildman–Crippen LogP) is -1.55. The first-order valence-corrected chi connectivity index (χ1v) is 15.7. The molecule has 0 aliphatic carbocycles. The Balaban J connectivity index is 1.29. The SMILES string of the molecule is Nc1nc2c(ccn2[C@@H]2O[C@H](CO)[C@@H](O)[C@H]2P(=O)(O)OC[C@H]2O[C@@H](n3ccc4c(N)ncnc43)[C@H](O)[C@@H]2O[P+](=O)O)c(=O)[nH]1.